The predicted octanol–water partition coefficient (Wildman–Crippen LogP) is 1.02. The zero-order chi connectivity index (χ0) is 5.58. The topological polar surface area (TPSA) is 23.8 Å². The minimum atomic E-state index is -3.67. The maximum absolute atomic E-state index is 9.67. The second-order valence-corrected chi connectivity index (χ2v) is 0.247. The number of hydrogen-bond acceptors (Lipinski definition) is 1. The third-order valence-electron chi connectivity index (χ3n) is 0. The van der Waals surface area contributed by atoms with Crippen molar-refractivity contribution in [1.82, 2.24) is 0 Å². The highest BCUT2D eigenvalue weighted by atomic mass is 19.4. The molecule has 0 aliphatic carbocycles. The molecule has 0 bridgehead atoms. The third-order valence-corrected chi connectivity index (χ3v) is 0. The summed E-state index contributed by atoms with van der Waals surface area (Å²) < 4.78 is 29.0. The molecule has 0 aromatic heterocycles. The fourth-order valence-corrected chi connectivity index (χ4v) is 0. The van der Waals surface area contributed by atoms with E-state index in [1.165, 1.54) is 0 Å². The van der Waals surface area contributed by atoms with Crippen LogP contribution in [0.1, 0.15) is 0 Å². The lowest BCUT2D eigenvalue weighted by atomic mass is 10.5. The summed E-state index contributed by atoms with van der Waals surface area (Å²) in [7, 11) is -3.67. The predicted molar refractivity (Wildman–Crippen MR) is 15.7 cm³/mol. The summed E-state index contributed by atoms with van der Waals surface area (Å²) in [6.45, 7) is 3.50. The van der Waals surface area contributed by atoms with Crippen LogP contribution in [0.25, 0.3) is 0 Å². The van der Waals surface area contributed by atoms with Crippen molar-refractivity contribution in [2.24, 2.45) is 0 Å². The Balaban J connectivity index is 0. The molecule has 0 unspecified atom stereocenters. The van der Waals surface area contributed by atoms with Crippen molar-refractivity contribution in [3.05, 3.63) is 0 Å². The Morgan fingerprint density at radius 2 is 1.17 bits per heavy atom. The molecular weight excluding hydrogens is 93.8 g/mol. The Morgan fingerprint density at radius 3 is 1.17 bits per heavy atom. The summed E-state index contributed by atoms with van der Waals surface area (Å²) in [6, 6.07) is 0. The number of hydrogen-bond donors (Lipinski definition) is 0. The molecule has 1 nitrogen and oxygen atoms in total. The molecule has 0 rings (SSSR count). The van der Waals surface area contributed by atoms with Gasteiger partial charge in [-0.3, -0.25) is 12.9 Å². The maximum atomic E-state index is 9.67. The van der Waals surface area contributed by atoms with Gasteiger partial charge in [0.15, 0.2) is 0 Å². The Labute approximate surface area is 33.6 Å². The van der Waals surface area contributed by atoms with Gasteiger partial charge in [-0.2, -0.15) is 0 Å². The van der Waals surface area contributed by atoms with Crippen LogP contribution in [0.5, 0.6) is 0 Å². The van der Waals surface area contributed by atoms with E-state index in [9.17, 15) is 12.9 Å². The molecule has 0 N–H and O–H groups in total. The van der Waals surface area contributed by atoms with Crippen LogP contribution in [0.3, 0.4) is 0 Å². The normalized spacial score (nSPS) is 4.83. The van der Waals surface area contributed by atoms with E-state index in [-0.39, 0.29) is 0 Å². The van der Waals surface area contributed by atoms with E-state index in [2.05, 4.69) is 6.57 Å². The van der Waals surface area contributed by atoms with Crippen molar-refractivity contribution >= 4 is 7.54 Å². The van der Waals surface area contributed by atoms with Gasteiger partial charge in [0, 0.05) is 6.57 Å². The first-order valence-corrected chi connectivity index (χ1v) is 0.913. The fourth-order valence-electron chi connectivity index (χ4n) is 0. The van der Waals surface area contributed by atoms with Gasteiger partial charge < -0.3 is 0 Å². The Bertz CT molecular complexity index is 32.3. The first-order chi connectivity index (χ1) is 2.73. The molecular formula is CHBF3N. The first kappa shape index (κ1) is 9.02. The standard InChI is InChI=1S/CHN.BF3/c1-2;2-1(3)4/h1H;. The summed E-state index contributed by atoms with van der Waals surface area (Å²) in [5.74, 6) is 0. The van der Waals surface area contributed by atoms with Gasteiger partial charge >= 0.3 is 7.54 Å². The average molecular weight is 94.8 g/mol. The van der Waals surface area contributed by atoms with E-state index in [0.717, 1.165) is 0 Å². The molecule has 0 aromatic carbocycles. The van der Waals surface area contributed by atoms with Gasteiger partial charge in [-0.15, -0.1) is 0 Å². The van der Waals surface area contributed by atoms with Crippen LogP contribution in [-0.2, 0) is 0 Å². The molecule has 0 radical (unpaired) electrons. The third kappa shape index (κ3) is 42.9. The van der Waals surface area contributed by atoms with Gasteiger partial charge in [-0.1, -0.05) is 0 Å². The number of nitrogens with zero attached hydrogens (tertiary/aromatic N) is 1. The van der Waals surface area contributed by atoms with Crippen LogP contribution in [0.2, 0.25) is 0 Å². The fraction of sp³-hybridized carbons (Fsp3) is 0. The van der Waals surface area contributed by atoms with Crippen LogP contribution in [0.4, 0.5) is 12.9 Å². The van der Waals surface area contributed by atoms with Crippen LogP contribution in [-0.4, -0.2) is 7.54 Å². The largest absolute Gasteiger partial charge is 0.762 e. The van der Waals surface area contributed by atoms with Crippen molar-refractivity contribution in [2.75, 3.05) is 0 Å². The van der Waals surface area contributed by atoms with Gasteiger partial charge in [0.25, 0.3) is 0 Å². The van der Waals surface area contributed by atoms with Crippen molar-refractivity contribution in [1.29, 1.82) is 5.26 Å². The number of nitriles is 1. The summed E-state index contributed by atoms with van der Waals surface area (Å²) in [5.41, 5.74) is 0. The van der Waals surface area contributed by atoms with E-state index in [1.807, 2.05) is 0 Å². The average Bonchev–Trinajstić information content (AvgIpc) is 1.41. The Kier molecular flexibility index (Phi) is 13.3. The lowest BCUT2D eigenvalue weighted by Gasteiger charge is -1.55. The number of rotatable bonds is 0. The lowest BCUT2D eigenvalue weighted by Crippen LogP contribution is -1.76. The molecule has 0 aliphatic rings. The zero-order valence-electron chi connectivity index (χ0n) is 2.74. The molecule has 0 saturated carbocycles. The van der Waals surface area contributed by atoms with Crippen LogP contribution >= 0.6 is 0 Å². The highest BCUT2D eigenvalue weighted by Crippen LogP contribution is 1.80. The van der Waals surface area contributed by atoms with E-state index in [0.29, 0.717) is 0 Å². The minimum Gasteiger partial charge on any atom is -0.254 e. The molecule has 0 heterocycles. The molecule has 6 heavy (non-hydrogen) atoms. The molecule has 5 heteroatoms. The summed E-state index contributed by atoms with van der Waals surface area (Å²) in [5, 5.41) is 6.50. The van der Waals surface area contributed by atoms with Crippen LogP contribution in [0, 0.1) is 11.8 Å². The molecule has 0 fully saturated rings. The quantitative estimate of drug-likeness (QED) is 0.412. The SMILES string of the molecule is C#N.FB(F)F. The summed E-state index contributed by atoms with van der Waals surface area (Å²) in [4.78, 5) is 0. The van der Waals surface area contributed by atoms with Crippen LogP contribution in [0.15, 0.2) is 0 Å². The first-order valence-electron chi connectivity index (χ1n) is 0.913. The summed E-state index contributed by atoms with van der Waals surface area (Å²) >= 11 is 0. The van der Waals surface area contributed by atoms with E-state index in [4.69, 9.17) is 5.26 Å². The van der Waals surface area contributed by atoms with E-state index in [1.54, 1.807) is 0 Å². The molecule has 0 aromatic rings. The highest BCUT2D eigenvalue weighted by molar-refractivity contribution is 6.33. The lowest BCUT2D eigenvalue weighted by molar-refractivity contribution is 0.535. The van der Waals surface area contributed by atoms with Gasteiger partial charge in [0.05, 0.1) is 0 Å². The zero-order valence-corrected chi connectivity index (χ0v) is 2.74. The van der Waals surface area contributed by atoms with Crippen molar-refractivity contribution < 1.29 is 12.9 Å². The monoisotopic (exact) mass is 95.0 g/mol. The van der Waals surface area contributed by atoms with Crippen molar-refractivity contribution in [2.45, 2.75) is 0 Å². The van der Waals surface area contributed by atoms with Gasteiger partial charge in [0.2, 0.25) is 0 Å². The Hall–Kier alpha value is -0.655. The molecule has 0 atom stereocenters. The second-order valence-electron chi connectivity index (χ2n) is 0.247. The maximum Gasteiger partial charge on any atom is 0.762 e. The van der Waals surface area contributed by atoms with E-state index < -0.39 is 7.54 Å². The molecule has 0 spiro atoms. The molecule has 0 aliphatic heterocycles. The van der Waals surface area contributed by atoms with Crippen molar-refractivity contribution in [3.8, 4) is 6.57 Å². The van der Waals surface area contributed by atoms with E-state index >= 15 is 0 Å². The summed E-state index contributed by atoms with van der Waals surface area (Å²) in [6.07, 6.45) is 0. The Morgan fingerprint density at radius 1 is 1.17 bits per heavy atom. The minimum absolute atomic E-state index is 3.50. The molecule has 34 valence electrons. The second kappa shape index (κ2) is 8.84. The highest BCUT2D eigenvalue weighted by Gasteiger charge is 2.06. The smallest absolute Gasteiger partial charge is 0.254 e. The van der Waals surface area contributed by atoms with Gasteiger partial charge in [-0.25, -0.2) is 5.26 Å². The molecule has 0 saturated heterocycles. The van der Waals surface area contributed by atoms with Gasteiger partial charge in [0.1, 0.15) is 0 Å². The van der Waals surface area contributed by atoms with Crippen LogP contribution < -0.4 is 0 Å². The molecule has 0 amide bonds. The number of halogens is 3. The van der Waals surface area contributed by atoms with Gasteiger partial charge in [-0.05, 0) is 0 Å². The van der Waals surface area contributed by atoms with Crippen molar-refractivity contribution in [3.63, 3.8) is 0 Å².